The molecule has 4 nitrogen and oxygen atoms in total. The van der Waals surface area contributed by atoms with E-state index in [2.05, 4.69) is 19.0 Å². The first-order chi connectivity index (χ1) is 7.09. The molecule has 0 aliphatic rings. The molecule has 0 saturated heterocycles. The molecule has 0 bridgehead atoms. The Hall–Kier alpha value is -0.870. The zero-order valence-corrected chi connectivity index (χ0v) is 9.75. The van der Waals surface area contributed by atoms with Crippen molar-refractivity contribution in [3.8, 4) is 0 Å². The van der Waals surface area contributed by atoms with Gasteiger partial charge in [0.25, 0.3) is 0 Å². The number of aromatic nitrogens is 1. The topological polar surface area (TPSA) is 61.3 Å². The van der Waals surface area contributed by atoms with Crippen LogP contribution in [0.15, 0.2) is 10.6 Å². The van der Waals surface area contributed by atoms with E-state index in [-0.39, 0.29) is 5.54 Å². The molecule has 86 valence electrons. The number of rotatable bonds is 6. The fraction of sp³-hybridized carbons (Fsp3) is 0.727. The van der Waals surface area contributed by atoms with E-state index in [1.54, 1.807) is 0 Å². The van der Waals surface area contributed by atoms with Crippen molar-refractivity contribution in [1.29, 1.82) is 0 Å². The van der Waals surface area contributed by atoms with Crippen molar-refractivity contribution in [3.05, 3.63) is 17.5 Å². The van der Waals surface area contributed by atoms with Gasteiger partial charge in [-0.25, -0.2) is 0 Å². The van der Waals surface area contributed by atoms with Gasteiger partial charge >= 0.3 is 0 Å². The Morgan fingerprint density at radius 3 is 2.60 bits per heavy atom. The number of ether oxygens (including phenoxy) is 1. The highest BCUT2D eigenvalue weighted by molar-refractivity contribution is 5.01. The third kappa shape index (κ3) is 3.64. The highest BCUT2D eigenvalue weighted by Crippen LogP contribution is 2.12. The van der Waals surface area contributed by atoms with Crippen molar-refractivity contribution in [2.24, 2.45) is 5.73 Å². The summed E-state index contributed by atoms with van der Waals surface area (Å²) < 4.78 is 10.5. The van der Waals surface area contributed by atoms with Gasteiger partial charge in [0.15, 0.2) is 0 Å². The van der Waals surface area contributed by atoms with Crippen molar-refractivity contribution >= 4 is 0 Å². The van der Waals surface area contributed by atoms with Crippen LogP contribution in [0.25, 0.3) is 0 Å². The number of hydrogen-bond donors (Lipinski definition) is 1. The Balaban J connectivity index is 2.32. The smallest absolute Gasteiger partial charge is 0.134 e. The van der Waals surface area contributed by atoms with Gasteiger partial charge in [0.2, 0.25) is 0 Å². The molecule has 0 saturated carbocycles. The van der Waals surface area contributed by atoms with Gasteiger partial charge in [-0.05, 0) is 19.8 Å². The predicted molar refractivity (Wildman–Crippen MR) is 58.4 cm³/mol. The Labute approximate surface area is 90.8 Å². The van der Waals surface area contributed by atoms with Gasteiger partial charge in [0.05, 0.1) is 13.2 Å². The zero-order chi connectivity index (χ0) is 11.3. The first-order valence-electron chi connectivity index (χ1n) is 5.38. The van der Waals surface area contributed by atoms with Crippen molar-refractivity contribution in [1.82, 2.24) is 5.16 Å². The summed E-state index contributed by atoms with van der Waals surface area (Å²) in [7, 11) is 0. The fourth-order valence-electron chi connectivity index (χ4n) is 1.30. The predicted octanol–water partition coefficient (Wildman–Crippen LogP) is 2.02. The van der Waals surface area contributed by atoms with Gasteiger partial charge in [-0.3, -0.25) is 0 Å². The Bertz CT molecular complexity index is 293. The molecule has 1 aromatic heterocycles. The van der Waals surface area contributed by atoms with Crippen molar-refractivity contribution in [2.75, 3.05) is 6.61 Å². The molecule has 0 aliphatic heterocycles. The standard InChI is InChI=1S/C11H20N2O2/c1-4-11(12,5-2)8-14-7-10-6-9(3)15-13-10/h6H,4-5,7-8,12H2,1-3H3. The van der Waals surface area contributed by atoms with Gasteiger partial charge in [-0.1, -0.05) is 19.0 Å². The monoisotopic (exact) mass is 212 g/mol. The SMILES string of the molecule is CCC(N)(CC)COCc1cc(C)on1. The second-order valence-electron chi connectivity index (χ2n) is 3.99. The van der Waals surface area contributed by atoms with Gasteiger partial charge in [0.1, 0.15) is 11.5 Å². The number of nitrogens with two attached hydrogens (primary N) is 1. The Morgan fingerprint density at radius 2 is 2.13 bits per heavy atom. The normalized spacial score (nSPS) is 12.0. The second kappa shape index (κ2) is 5.28. The lowest BCUT2D eigenvalue weighted by molar-refractivity contribution is 0.0662. The van der Waals surface area contributed by atoms with Crippen LogP contribution in [-0.4, -0.2) is 17.3 Å². The van der Waals surface area contributed by atoms with Crippen molar-refractivity contribution in [2.45, 2.75) is 45.8 Å². The van der Waals surface area contributed by atoms with Gasteiger partial charge < -0.3 is 15.0 Å². The van der Waals surface area contributed by atoms with Crippen molar-refractivity contribution in [3.63, 3.8) is 0 Å². The molecular weight excluding hydrogens is 192 g/mol. The first-order valence-corrected chi connectivity index (χ1v) is 5.38. The van der Waals surface area contributed by atoms with Crippen LogP contribution >= 0.6 is 0 Å². The van der Waals surface area contributed by atoms with E-state index in [1.165, 1.54) is 0 Å². The molecular formula is C11H20N2O2. The largest absolute Gasteiger partial charge is 0.373 e. The summed E-state index contributed by atoms with van der Waals surface area (Å²) in [6.45, 7) is 7.05. The fourth-order valence-corrected chi connectivity index (χ4v) is 1.30. The minimum atomic E-state index is -0.210. The second-order valence-corrected chi connectivity index (χ2v) is 3.99. The average Bonchev–Trinajstić information content (AvgIpc) is 2.64. The van der Waals surface area contributed by atoms with Crippen LogP contribution in [0.1, 0.15) is 38.1 Å². The molecule has 0 amide bonds. The van der Waals surface area contributed by atoms with Crippen molar-refractivity contribution < 1.29 is 9.26 Å². The minimum Gasteiger partial charge on any atom is -0.373 e. The summed E-state index contributed by atoms with van der Waals surface area (Å²) in [5.74, 6) is 0.804. The van der Waals surface area contributed by atoms with Crippen LogP contribution in [-0.2, 0) is 11.3 Å². The molecule has 0 fully saturated rings. The Kier molecular flexibility index (Phi) is 4.29. The molecule has 0 atom stereocenters. The molecule has 0 aromatic carbocycles. The van der Waals surface area contributed by atoms with E-state index in [1.807, 2.05) is 13.0 Å². The van der Waals surface area contributed by atoms with Crippen LogP contribution < -0.4 is 5.73 Å². The highest BCUT2D eigenvalue weighted by Gasteiger charge is 2.20. The summed E-state index contributed by atoms with van der Waals surface area (Å²) >= 11 is 0. The molecule has 0 radical (unpaired) electrons. The number of hydrogen-bond acceptors (Lipinski definition) is 4. The van der Waals surface area contributed by atoms with Gasteiger partial charge in [-0.15, -0.1) is 0 Å². The van der Waals surface area contributed by atoms with E-state index >= 15 is 0 Å². The summed E-state index contributed by atoms with van der Waals surface area (Å²) in [6.07, 6.45) is 1.84. The molecule has 1 rings (SSSR count). The van der Waals surface area contributed by atoms with E-state index in [4.69, 9.17) is 15.0 Å². The maximum absolute atomic E-state index is 6.10. The maximum atomic E-state index is 6.10. The lowest BCUT2D eigenvalue weighted by atomic mass is 9.96. The number of nitrogens with zero attached hydrogens (tertiary/aromatic N) is 1. The van der Waals surface area contributed by atoms with Crippen LogP contribution in [0, 0.1) is 6.92 Å². The van der Waals surface area contributed by atoms with E-state index < -0.39 is 0 Å². The molecule has 4 heteroatoms. The highest BCUT2D eigenvalue weighted by atomic mass is 16.5. The quantitative estimate of drug-likeness (QED) is 0.783. The minimum absolute atomic E-state index is 0.210. The van der Waals surface area contributed by atoms with Crippen LogP contribution in [0.3, 0.4) is 0 Å². The molecule has 1 aromatic rings. The van der Waals surface area contributed by atoms with Gasteiger partial charge in [0, 0.05) is 11.6 Å². The van der Waals surface area contributed by atoms with E-state index in [0.717, 1.165) is 24.3 Å². The lowest BCUT2D eigenvalue weighted by Crippen LogP contribution is -2.43. The Morgan fingerprint density at radius 1 is 1.47 bits per heavy atom. The first kappa shape index (κ1) is 12.2. The summed E-state index contributed by atoms with van der Waals surface area (Å²) in [6, 6.07) is 1.87. The summed E-state index contributed by atoms with van der Waals surface area (Å²) in [4.78, 5) is 0. The maximum Gasteiger partial charge on any atom is 0.134 e. The molecule has 0 unspecified atom stereocenters. The summed E-state index contributed by atoms with van der Waals surface area (Å²) in [5.41, 5.74) is 6.71. The molecule has 15 heavy (non-hydrogen) atoms. The lowest BCUT2D eigenvalue weighted by Gasteiger charge is -2.25. The third-order valence-corrected chi connectivity index (χ3v) is 2.72. The molecule has 1 heterocycles. The van der Waals surface area contributed by atoms with E-state index in [0.29, 0.717) is 13.2 Å². The molecule has 0 aliphatic carbocycles. The van der Waals surface area contributed by atoms with E-state index in [9.17, 15) is 0 Å². The summed E-state index contributed by atoms with van der Waals surface area (Å²) in [5, 5.41) is 3.85. The van der Waals surface area contributed by atoms with Crippen LogP contribution in [0.4, 0.5) is 0 Å². The average molecular weight is 212 g/mol. The molecule has 0 spiro atoms. The number of aryl methyl sites for hydroxylation is 1. The zero-order valence-electron chi connectivity index (χ0n) is 9.75. The van der Waals surface area contributed by atoms with Gasteiger partial charge in [-0.2, -0.15) is 0 Å². The van der Waals surface area contributed by atoms with Crippen LogP contribution in [0.5, 0.6) is 0 Å². The van der Waals surface area contributed by atoms with Crippen LogP contribution in [0.2, 0.25) is 0 Å². The third-order valence-electron chi connectivity index (χ3n) is 2.72. The molecule has 2 N–H and O–H groups in total.